The largest absolute Gasteiger partial charge is 0.508 e. The van der Waals surface area contributed by atoms with Gasteiger partial charge in [-0.3, -0.25) is 4.79 Å². The SMILES string of the molecule is CNc1cc2ccc(O)cc2nc1NC=O. The van der Waals surface area contributed by atoms with Gasteiger partial charge in [0.25, 0.3) is 0 Å². The zero-order valence-electron chi connectivity index (χ0n) is 8.69. The van der Waals surface area contributed by atoms with Crippen LogP contribution >= 0.6 is 0 Å². The summed E-state index contributed by atoms with van der Waals surface area (Å²) in [5.74, 6) is 0.588. The number of carbonyl (C=O) groups is 1. The third-order valence-electron chi connectivity index (χ3n) is 2.27. The Balaban J connectivity index is 2.65. The number of anilines is 2. The molecule has 0 saturated carbocycles. The molecule has 1 heterocycles. The molecule has 0 bridgehead atoms. The number of nitrogens with zero attached hydrogens (tertiary/aromatic N) is 1. The van der Waals surface area contributed by atoms with Gasteiger partial charge in [-0.1, -0.05) is 0 Å². The number of aromatic hydroxyl groups is 1. The minimum Gasteiger partial charge on any atom is -0.508 e. The lowest BCUT2D eigenvalue weighted by Crippen LogP contribution is -2.02. The molecule has 5 heteroatoms. The number of fused-ring (bicyclic) bond motifs is 1. The highest BCUT2D eigenvalue weighted by molar-refractivity contribution is 5.90. The highest BCUT2D eigenvalue weighted by atomic mass is 16.3. The number of benzene rings is 1. The van der Waals surface area contributed by atoms with Gasteiger partial charge in [0.05, 0.1) is 11.2 Å². The third-order valence-corrected chi connectivity index (χ3v) is 2.27. The zero-order valence-corrected chi connectivity index (χ0v) is 8.69. The van der Waals surface area contributed by atoms with Gasteiger partial charge in [-0.25, -0.2) is 4.98 Å². The molecular weight excluding hydrogens is 206 g/mol. The van der Waals surface area contributed by atoms with Crippen molar-refractivity contribution >= 4 is 28.8 Å². The van der Waals surface area contributed by atoms with Crippen molar-refractivity contribution in [3.8, 4) is 5.75 Å². The maximum absolute atomic E-state index is 10.4. The fourth-order valence-electron chi connectivity index (χ4n) is 1.51. The average molecular weight is 217 g/mol. The molecule has 0 atom stereocenters. The number of aromatic nitrogens is 1. The van der Waals surface area contributed by atoms with Crippen molar-refractivity contribution in [2.24, 2.45) is 0 Å². The molecule has 5 nitrogen and oxygen atoms in total. The summed E-state index contributed by atoms with van der Waals surface area (Å²) in [5, 5.41) is 15.7. The first-order valence-corrected chi connectivity index (χ1v) is 4.76. The molecule has 3 N–H and O–H groups in total. The van der Waals surface area contributed by atoms with Crippen LogP contribution in [0, 0.1) is 0 Å². The molecular formula is C11H11N3O2. The third kappa shape index (κ3) is 1.75. The Labute approximate surface area is 92.1 Å². The van der Waals surface area contributed by atoms with E-state index in [1.807, 2.05) is 6.07 Å². The maximum Gasteiger partial charge on any atom is 0.212 e. The van der Waals surface area contributed by atoms with Crippen LogP contribution in [0.5, 0.6) is 5.75 Å². The highest BCUT2D eigenvalue weighted by Crippen LogP contribution is 2.26. The molecule has 16 heavy (non-hydrogen) atoms. The van der Waals surface area contributed by atoms with Gasteiger partial charge < -0.3 is 15.7 Å². The number of amides is 1. The normalized spacial score (nSPS) is 10.1. The molecule has 0 fully saturated rings. The van der Waals surface area contributed by atoms with E-state index in [-0.39, 0.29) is 5.75 Å². The molecule has 1 aromatic heterocycles. The molecule has 0 spiro atoms. The van der Waals surface area contributed by atoms with Gasteiger partial charge in [-0.05, 0) is 18.2 Å². The zero-order chi connectivity index (χ0) is 11.5. The van der Waals surface area contributed by atoms with Gasteiger partial charge in [0.1, 0.15) is 5.75 Å². The standard InChI is InChI=1S/C11H11N3O2/c1-12-10-4-7-2-3-8(16)5-9(7)14-11(10)13-6-15/h2-6,12,16H,1H3,(H,13,14,15). The minimum absolute atomic E-state index is 0.147. The molecule has 82 valence electrons. The lowest BCUT2D eigenvalue weighted by Gasteiger charge is -2.08. The fourth-order valence-corrected chi connectivity index (χ4v) is 1.51. The van der Waals surface area contributed by atoms with E-state index >= 15 is 0 Å². The lowest BCUT2D eigenvalue weighted by molar-refractivity contribution is -0.105. The first-order valence-electron chi connectivity index (χ1n) is 4.76. The summed E-state index contributed by atoms with van der Waals surface area (Å²) in [6, 6.07) is 6.76. The molecule has 1 aromatic carbocycles. The number of carbonyl (C=O) groups excluding carboxylic acids is 1. The number of rotatable bonds is 3. The van der Waals surface area contributed by atoms with Crippen molar-refractivity contribution in [3.63, 3.8) is 0 Å². The van der Waals surface area contributed by atoms with E-state index in [1.54, 1.807) is 25.2 Å². The second kappa shape index (κ2) is 4.06. The van der Waals surface area contributed by atoms with Crippen molar-refractivity contribution in [3.05, 3.63) is 24.3 Å². The summed E-state index contributed by atoms with van der Waals surface area (Å²) in [6.07, 6.45) is 0.567. The summed E-state index contributed by atoms with van der Waals surface area (Å²) in [7, 11) is 1.75. The fraction of sp³-hybridized carbons (Fsp3) is 0.0909. The average Bonchev–Trinajstić information content (AvgIpc) is 2.28. The summed E-state index contributed by atoms with van der Waals surface area (Å²) >= 11 is 0. The van der Waals surface area contributed by atoms with E-state index in [2.05, 4.69) is 15.6 Å². The second-order valence-corrected chi connectivity index (χ2v) is 3.27. The van der Waals surface area contributed by atoms with Crippen molar-refractivity contribution < 1.29 is 9.90 Å². The Morgan fingerprint density at radius 1 is 1.38 bits per heavy atom. The summed E-state index contributed by atoms with van der Waals surface area (Å²) in [6.45, 7) is 0. The van der Waals surface area contributed by atoms with Crippen LogP contribution in [-0.4, -0.2) is 23.5 Å². The molecule has 0 unspecified atom stereocenters. The Bertz CT molecular complexity index is 540. The predicted octanol–water partition coefficient (Wildman–Crippen LogP) is 1.55. The topological polar surface area (TPSA) is 74.2 Å². The van der Waals surface area contributed by atoms with Crippen LogP contribution in [0.4, 0.5) is 11.5 Å². The van der Waals surface area contributed by atoms with E-state index in [4.69, 9.17) is 0 Å². The Morgan fingerprint density at radius 3 is 2.88 bits per heavy atom. The monoisotopic (exact) mass is 217 g/mol. The van der Waals surface area contributed by atoms with Crippen molar-refractivity contribution in [2.45, 2.75) is 0 Å². The van der Waals surface area contributed by atoms with Crippen molar-refractivity contribution in [1.29, 1.82) is 0 Å². The summed E-state index contributed by atoms with van der Waals surface area (Å²) in [5.41, 5.74) is 1.36. The van der Waals surface area contributed by atoms with Crippen molar-refractivity contribution in [2.75, 3.05) is 17.7 Å². The van der Waals surface area contributed by atoms with Gasteiger partial charge in [0.15, 0.2) is 5.82 Å². The van der Waals surface area contributed by atoms with Crippen LogP contribution in [0.15, 0.2) is 24.3 Å². The van der Waals surface area contributed by atoms with Gasteiger partial charge in [0, 0.05) is 18.5 Å². The number of hydrogen-bond acceptors (Lipinski definition) is 4. The van der Waals surface area contributed by atoms with Crippen LogP contribution in [0.25, 0.3) is 10.9 Å². The minimum atomic E-state index is 0.147. The number of phenols is 1. The van der Waals surface area contributed by atoms with Gasteiger partial charge in [0.2, 0.25) is 6.41 Å². The number of hydrogen-bond donors (Lipinski definition) is 3. The Hall–Kier alpha value is -2.30. The Morgan fingerprint density at radius 2 is 2.19 bits per heavy atom. The summed E-state index contributed by atoms with van der Waals surface area (Å²) < 4.78 is 0. The van der Waals surface area contributed by atoms with E-state index in [1.165, 1.54) is 0 Å². The van der Waals surface area contributed by atoms with Gasteiger partial charge in [-0.2, -0.15) is 0 Å². The van der Waals surface area contributed by atoms with Crippen LogP contribution in [0.1, 0.15) is 0 Å². The van der Waals surface area contributed by atoms with Crippen LogP contribution in [0.2, 0.25) is 0 Å². The molecule has 2 aromatic rings. The van der Waals surface area contributed by atoms with Gasteiger partial charge in [-0.15, -0.1) is 0 Å². The molecule has 0 aliphatic carbocycles. The summed E-state index contributed by atoms with van der Waals surface area (Å²) in [4.78, 5) is 14.6. The number of pyridine rings is 1. The molecule has 1 amide bonds. The van der Waals surface area contributed by atoms with Crippen molar-refractivity contribution in [1.82, 2.24) is 4.98 Å². The van der Waals surface area contributed by atoms with Crippen LogP contribution in [0.3, 0.4) is 0 Å². The van der Waals surface area contributed by atoms with Gasteiger partial charge >= 0.3 is 0 Å². The smallest absolute Gasteiger partial charge is 0.212 e. The predicted molar refractivity (Wildman–Crippen MR) is 62.6 cm³/mol. The van der Waals surface area contributed by atoms with E-state index in [9.17, 15) is 9.90 Å². The maximum atomic E-state index is 10.4. The first kappa shape index (κ1) is 10.2. The molecule has 0 saturated heterocycles. The molecule has 0 radical (unpaired) electrons. The number of phenolic OH excluding ortho intramolecular Hbond substituents is 1. The van der Waals surface area contributed by atoms with E-state index < -0.39 is 0 Å². The number of nitrogens with one attached hydrogen (secondary N) is 2. The lowest BCUT2D eigenvalue weighted by atomic mass is 10.2. The molecule has 2 rings (SSSR count). The van der Waals surface area contributed by atoms with E-state index in [0.29, 0.717) is 17.7 Å². The quantitative estimate of drug-likeness (QED) is 0.682. The molecule has 0 aliphatic rings. The highest BCUT2D eigenvalue weighted by Gasteiger charge is 2.05. The Kier molecular flexibility index (Phi) is 2.59. The van der Waals surface area contributed by atoms with E-state index in [0.717, 1.165) is 11.1 Å². The van der Waals surface area contributed by atoms with Crippen LogP contribution in [-0.2, 0) is 4.79 Å². The second-order valence-electron chi connectivity index (χ2n) is 3.27. The molecule has 0 aliphatic heterocycles. The van der Waals surface area contributed by atoms with Crippen LogP contribution < -0.4 is 10.6 Å². The first-order chi connectivity index (χ1) is 7.74.